The van der Waals surface area contributed by atoms with Crippen molar-refractivity contribution >= 4 is 58.3 Å². The molecular formula is C16H15ClN2O4S2. The van der Waals surface area contributed by atoms with Crippen molar-refractivity contribution in [1.29, 1.82) is 0 Å². The van der Waals surface area contributed by atoms with Crippen molar-refractivity contribution in [3.63, 3.8) is 0 Å². The summed E-state index contributed by atoms with van der Waals surface area (Å²) in [5, 5.41) is 12.4. The molecule has 0 bridgehead atoms. The largest absolute Gasteiger partial charge is 0.390 e. The van der Waals surface area contributed by atoms with Gasteiger partial charge in [0.15, 0.2) is 0 Å². The predicted octanol–water partition coefficient (Wildman–Crippen LogP) is 1.97. The third-order valence-corrected chi connectivity index (χ3v) is 6.03. The number of aliphatic hydroxyl groups is 1. The second kappa shape index (κ2) is 7.82. The minimum Gasteiger partial charge on any atom is -0.390 e. The Bertz CT molecular complexity index is 755. The highest BCUT2D eigenvalue weighted by atomic mass is 35.5. The molecule has 2 aliphatic heterocycles. The van der Waals surface area contributed by atoms with Gasteiger partial charge in [-0.15, -0.1) is 0 Å². The minimum atomic E-state index is -0.605. The predicted molar refractivity (Wildman–Crippen MR) is 99.4 cm³/mol. The lowest BCUT2D eigenvalue weighted by molar-refractivity contribution is -0.129. The zero-order chi connectivity index (χ0) is 18.0. The number of hydrogen-bond acceptors (Lipinski definition) is 6. The van der Waals surface area contributed by atoms with Gasteiger partial charge in [0.1, 0.15) is 6.54 Å². The first-order chi connectivity index (χ1) is 11.9. The first-order valence-electron chi connectivity index (χ1n) is 7.50. The van der Waals surface area contributed by atoms with Crippen molar-refractivity contribution in [1.82, 2.24) is 10.2 Å². The molecule has 3 amide bonds. The summed E-state index contributed by atoms with van der Waals surface area (Å²) in [6, 6.07) is 6.56. The van der Waals surface area contributed by atoms with E-state index in [9.17, 15) is 19.5 Å². The molecule has 25 heavy (non-hydrogen) atoms. The maximum absolute atomic E-state index is 12.4. The highest BCUT2D eigenvalue weighted by Gasteiger charge is 2.37. The number of nitrogens with zero attached hydrogens (tertiary/aromatic N) is 1. The Hall–Kier alpha value is -1.48. The molecular weight excluding hydrogens is 384 g/mol. The zero-order valence-corrected chi connectivity index (χ0v) is 15.4. The van der Waals surface area contributed by atoms with E-state index in [1.54, 1.807) is 42.1 Å². The van der Waals surface area contributed by atoms with E-state index in [-0.39, 0.29) is 17.5 Å². The number of aliphatic hydroxyl groups excluding tert-OH is 1. The summed E-state index contributed by atoms with van der Waals surface area (Å²) in [4.78, 5) is 37.7. The van der Waals surface area contributed by atoms with Crippen molar-refractivity contribution in [3.05, 3.63) is 39.8 Å². The van der Waals surface area contributed by atoms with Gasteiger partial charge in [-0.1, -0.05) is 23.7 Å². The van der Waals surface area contributed by atoms with Gasteiger partial charge in [-0.2, -0.15) is 11.8 Å². The number of imide groups is 1. The molecule has 132 valence electrons. The molecule has 2 heterocycles. The lowest BCUT2D eigenvalue weighted by Gasteiger charge is -2.18. The van der Waals surface area contributed by atoms with E-state index in [0.29, 0.717) is 22.1 Å². The monoisotopic (exact) mass is 398 g/mol. The molecule has 2 aliphatic rings. The Morgan fingerprint density at radius 3 is 2.88 bits per heavy atom. The molecule has 3 rings (SSSR count). The Morgan fingerprint density at radius 1 is 1.40 bits per heavy atom. The summed E-state index contributed by atoms with van der Waals surface area (Å²) in [5.74, 6) is 0.211. The van der Waals surface area contributed by atoms with Gasteiger partial charge in [0, 0.05) is 16.5 Å². The second-order valence-electron chi connectivity index (χ2n) is 5.60. The molecule has 9 heteroatoms. The fraction of sp³-hybridized carbons (Fsp3) is 0.312. The molecule has 2 atom stereocenters. The first-order valence-corrected chi connectivity index (χ1v) is 9.85. The van der Waals surface area contributed by atoms with Crippen LogP contribution in [0.3, 0.4) is 0 Å². The van der Waals surface area contributed by atoms with Gasteiger partial charge in [0.2, 0.25) is 5.91 Å². The van der Waals surface area contributed by atoms with E-state index >= 15 is 0 Å². The fourth-order valence-electron chi connectivity index (χ4n) is 2.46. The SMILES string of the molecule is O=C(CN1C(=O)S/C(=C\c2cccc(Cl)c2)C1=O)N[C@H]1CSC[C@H]1O. The standard InChI is InChI=1S/C16H15ClN2O4S2/c17-10-3-1-2-9(4-10)5-13-15(22)19(16(23)25-13)6-14(21)18-11-7-24-8-12(11)20/h1-5,11-12,20H,6-8H2,(H,18,21)/b13-5-/t11-,12+/m0/s1. The third-order valence-electron chi connectivity index (χ3n) is 3.72. The minimum absolute atomic E-state index is 0.247. The van der Waals surface area contributed by atoms with Gasteiger partial charge < -0.3 is 10.4 Å². The molecule has 0 aliphatic carbocycles. The van der Waals surface area contributed by atoms with Crippen molar-refractivity contribution in [3.8, 4) is 0 Å². The number of thioether (sulfide) groups is 2. The van der Waals surface area contributed by atoms with Crippen molar-refractivity contribution in [2.75, 3.05) is 18.1 Å². The average molecular weight is 399 g/mol. The third kappa shape index (κ3) is 4.38. The van der Waals surface area contributed by atoms with Crippen molar-refractivity contribution in [2.45, 2.75) is 12.1 Å². The lowest BCUT2D eigenvalue weighted by atomic mass is 10.2. The Balaban J connectivity index is 1.66. The van der Waals surface area contributed by atoms with Crippen LogP contribution in [0.1, 0.15) is 5.56 Å². The van der Waals surface area contributed by atoms with E-state index in [2.05, 4.69) is 5.32 Å². The van der Waals surface area contributed by atoms with Gasteiger partial charge >= 0.3 is 0 Å². The van der Waals surface area contributed by atoms with Crippen LogP contribution in [-0.4, -0.2) is 57.3 Å². The fourth-order valence-corrected chi connectivity index (χ4v) is 4.67. The number of carbonyl (C=O) groups is 3. The molecule has 2 saturated heterocycles. The number of halogens is 1. The van der Waals surface area contributed by atoms with Crippen LogP contribution in [0, 0.1) is 0 Å². The zero-order valence-electron chi connectivity index (χ0n) is 13.0. The van der Waals surface area contributed by atoms with Crippen LogP contribution >= 0.6 is 35.1 Å². The van der Waals surface area contributed by atoms with Crippen molar-refractivity contribution < 1.29 is 19.5 Å². The molecule has 2 fully saturated rings. The summed E-state index contributed by atoms with van der Waals surface area (Å²) in [6.07, 6.45) is 0.970. The van der Waals surface area contributed by atoms with E-state index in [0.717, 1.165) is 16.7 Å². The molecule has 2 N–H and O–H groups in total. The van der Waals surface area contributed by atoms with Gasteiger partial charge in [-0.25, -0.2) is 0 Å². The molecule has 6 nitrogen and oxygen atoms in total. The van der Waals surface area contributed by atoms with Crippen LogP contribution < -0.4 is 5.32 Å². The molecule has 0 saturated carbocycles. The van der Waals surface area contributed by atoms with Crippen LogP contribution in [0.15, 0.2) is 29.2 Å². The van der Waals surface area contributed by atoms with Crippen LogP contribution in [0.25, 0.3) is 6.08 Å². The number of hydrogen-bond donors (Lipinski definition) is 2. The van der Waals surface area contributed by atoms with Crippen molar-refractivity contribution in [2.24, 2.45) is 0 Å². The lowest BCUT2D eigenvalue weighted by Crippen LogP contribution is -2.47. The number of amides is 3. The Kier molecular flexibility index (Phi) is 5.73. The number of nitrogens with one attached hydrogen (secondary N) is 1. The quantitative estimate of drug-likeness (QED) is 0.754. The van der Waals surface area contributed by atoms with Gasteiger partial charge in [0.05, 0.1) is 17.1 Å². The topological polar surface area (TPSA) is 86.7 Å². The number of benzene rings is 1. The van der Waals surface area contributed by atoms with Crippen LogP contribution in [-0.2, 0) is 9.59 Å². The normalized spacial score (nSPS) is 25.0. The summed E-state index contributed by atoms with van der Waals surface area (Å²) < 4.78 is 0. The Labute approximate surface area is 158 Å². The van der Waals surface area contributed by atoms with E-state index in [4.69, 9.17) is 11.6 Å². The van der Waals surface area contributed by atoms with Gasteiger partial charge in [-0.3, -0.25) is 19.3 Å². The van der Waals surface area contributed by atoms with E-state index in [1.165, 1.54) is 0 Å². The molecule has 0 aromatic heterocycles. The van der Waals surface area contributed by atoms with Gasteiger partial charge in [0.25, 0.3) is 11.1 Å². The second-order valence-corrected chi connectivity index (χ2v) is 8.11. The summed E-state index contributed by atoms with van der Waals surface area (Å²) in [5.41, 5.74) is 0.702. The number of carbonyl (C=O) groups excluding carboxylic acids is 3. The smallest absolute Gasteiger partial charge is 0.294 e. The molecule has 1 aromatic rings. The molecule has 0 spiro atoms. The highest BCUT2D eigenvalue weighted by molar-refractivity contribution is 8.18. The highest BCUT2D eigenvalue weighted by Crippen LogP contribution is 2.32. The molecule has 0 unspecified atom stereocenters. The Morgan fingerprint density at radius 2 is 2.20 bits per heavy atom. The van der Waals surface area contributed by atoms with E-state index in [1.807, 2.05) is 0 Å². The summed E-state index contributed by atoms with van der Waals surface area (Å²) >= 11 is 8.24. The summed E-state index contributed by atoms with van der Waals surface area (Å²) in [7, 11) is 0. The first kappa shape index (κ1) is 18.3. The van der Waals surface area contributed by atoms with Crippen LogP contribution in [0.5, 0.6) is 0 Å². The number of rotatable bonds is 4. The van der Waals surface area contributed by atoms with Gasteiger partial charge in [-0.05, 0) is 35.5 Å². The molecule has 1 aromatic carbocycles. The van der Waals surface area contributed by atoms with Crippen LogP contribution in [0.2, 0.25) is 5.02 Å². The van der Waals surface area contributed by atoms with E-state index < -0.39 is 23.2 Å². The maximum Gasteiger partial charge on any atom is 0.294 e. The van der Waals surface area contributed by atoms with Crippen LogP contribution in [0.4, 0.5) is 4.79 Å². The summed E-state index contributed by atoms with van der Waals surface area (Å²) in [6.45, 7) is -0.356. The maximum atomic E-state index is 12.4. The molecule has 0 radical (unpaired) electrons. The average Bonchev–Trinajstić information content (AvgIpc) is 3.06.